The number of hydrogen-bond donors (Lipinski definition) is 4. The molecule has 1 aromatic rings. The third-order valence-electron chi connectivity index (χ3n) is 5.86. The van der Waals surface area contributed by atoms with Crippen LogP contribution < -0.4 is 5.73 Å². The van der Waals surface area contributed by atoms with E-state index in [2.05, 4.69) is 13.0 Å². The van der Waals surface area contributed by atoms with Crippen molar-refractivity contribution < 1.29 is 19.9 Å². The van der Waals surface area contributed by atoms with Gasteiger partial charge in [0.2, 0.25) is 0 Å². The molecule has 0 amide bonds. The summed E-state index contributed by atoms with van der Waals surface area (Å²) in [6.07, 6.45) is 5.38. The van der Waals surface area contributed by atoms with Crippen molar-refractivity contribution in [3.8, 4) is 0 Å². The summed E-state index contributed by atoms with van der Waals surface area (Å²) in [7, 11) is -1.32. The standard InChI is InChI=1S/C18H26BNO4/c1-11-8-13-9-12(4-2-7-19(23)24)16(17(21)22)14(13)10-15(11)18(20)5-3-6-18/h8,10,12,16,23-24H,2-7,9,20H2,1H3,(H,21,22)/t12?,16-/m0/s1. The minimum Gasteiger partial charge on any atom is -0.481 e. The van der Waals surface area contributed by atoms with Gasteiger partial charge in [0, 0.05) is 5.54 Å². The van der Waals surface area contributed by atoms with Crippen molar-refractivity contribution in [1.82, 2.24) is 0 Å². The molecule has 5 N–H and O–H groups in total. The first-order valence-corrected chi connectivity index (χ1v) is 8.83. The maximum atomic E-state index is 11.9. The molecule has 0 saturated heterocycles. The lowest BCUT2D eigenvalue weighted by molar-refractivity contribution is -0.139. The van der Waals surface area contributed by atoms with Crippen LogP contribution >= 0.6 is 0 Å². The minimum absolute atomic E-state index is 0.0148. The molecule has 1 aromatic carbocycles. The second kappa shape index (κ2) is 6.50. The Bertz CT molecular complexity index is 642. The molecule has 2 aliphatic carbocycles. The molecule has 0 aromatic heterocycles. The molecule has 0 bridgehead atoms. The van der Waals surface area contributed by atoms with Crippen molar-refractivity contribution in [3.05, 3.63) is 34.4 Å². The van der Waals surface area contributed by atoms with E-state index < -0.39 is 19.0 Å². The monoisotopic (exact) mass is 331 g/mol. The maximum absolute atomic E-state index is 11.9. The highest BCUT2D eigenvalue weighted by Gasteiger charge is 2.41. The molecular weight excluding hydrogens is 305 g/mol. The van der Waals surface area contributed by atoms with Crippen LogP contribution in [0, 0.1) is 12.8 Å². The van der Waals surface area contributed by atoms with Gasteiger partial charge in [0.05, 0.1) is 5.92 Å². The van der Waals surface area contributed by atoms with Gasteiger partial charge in [0.15, 0.2) is 0 Å². The quantitative estimate of drug-likeness (QED) is 0.596. The maximum Gasteiger partial charge on any atom is 0.451 e. The number of carboxylic acid groups (broad SMARTS) is 1. The molecule has 0 heterocycles. The summed E-state index contributed by atoms with van der Waals surface area (Å²) in [6, 6.07) is 4.16. The van der Waals surface area contributed by atoms with E-state index in [9.17, 15) is 9.90 Å². The molecule has 1 unspecified atom stereocenters. The zero-order valence-electron chi connectivity index (χ0n) is 14.2. The lowest BCUT2D eigenvalue weighted by atomic mass is 9.70. The number of benzene rings is 1. The van der Waals surface area contributed by atoms with Gasteiger partial charge in [0.25, 0.3) is 0 Å². The van der Waals surface area contributed by atoms with Crippen LogP contribution in [-0.2, 0) is 16.8 Å². The number of nitrogens with two attached hydrogens (primary N) is 1. The predicted octanol–water partition coefficient (Wildman–Crippen LogP) is 1.93. The number of aryl methyl sites for hydroxylation is 1. The van der Waals surface area contributed by atoms with Gasteiger partial charge in [-0.25, -0.2) is 0 Å². The number of carboxylic acids is 1. The Morgan fingerprint density at radius 3 is 2.62 bits per heavy atom. The molecule has 5 nitrogen and oxygen atoms in total. The number of hydrogen-bond acceptors (Lipinski definition) is 4. The van der Waals surface area contributed by atoms with Crippen molar-refractivity contribution >= 4 is 13.1 Å². The normalized spacial score (nSPS) is 24.3. The molecule has 130 valence electrons. The van der Waals surface area contributed by atoms with E-state index in [0.29, 0.717) is 12.8 Å². The summed E-state index contributed by atoms with van der Waals surface area (Å²) >= 11 is 0. The molecular formula is C18H26BNO4. The first-order valence-electron chi connectivity index (χ1n) is 8.83. The summed E-state index contributed by atoms with van der Waals surface area (Å²) in [5.74, 6) is -1.29. The Hall–Kier alpha value is -1.37. The SMILES string of the molecule is Cc1cc2c(cc1C1(N)CCC1)[C@@H](C(=O)O)C(CCCB(O)O)C2. The van der Waals surface area contributed by atoms with Gasteiger partial charge in [-0.15, -0.1) is 0 Å². The summed E-state index contributed by atoms with van der Waals surface area (Å²) in [5, 5.41) is 27.7. The Labute approximate surface area is 143 Å². The van der Waals surface area contributed by atoms with Gasteiger partial charge in [-0.1, -0.05) is 18.6 Å². The van der Waals surface area contributed by atoms with E-state index in [0.717, 1.165) is 47.9 Å². The topological polar surface area (TPSA) is 104 Å². The number of rotatable bonds is 6. The Kier molecular flexibility index (Phi) is 4.73. The van der Waals surface area contributed by atoms with Crippen molar-refractivity contribution in [2.75, 3.05) is 0 Å². The van der Waals surface area contributed by atoms with Crippen molar-refractivity contribution in [1.29, 1.82) is 0 Å². The average molecular weight is 331 g/mol. The summed E-state index contributed by atoms with van der Waals surface area (Å²) < 4.78 is 0. The minimum atomic E-state index is -1.32. The van der Waals surface area contributed by atoms with E-state index >= 15 is 0 Å². The molecule has 1 fully saturated rings. The lowest BCUT2D eigenvalue weighted by Crippen LogP contribution is -2.44. The predicted molar refractivity (Wildman–Crippen MR) is 92.7 cm³/mol. The average Bonchev–Trinajstić information content (AvgIpc) is 2.80. The number of fused-ring (bicyclic) bond motifs is 1. The molecule has 0 aliphatic heterocycles. The highest BCUT2D eigenvalue weighted by atomic mass is 16.4. The van der Waals surface area contributed by atoms with Crippen LogP contribution in [-0.4, -0.2) is 28.2 Å². The molecule has 1 saturated carbocycles. The molecule has 3 rings (SSSR count). The highest BCUT2D eigenvalue weighted by molar-refractivity contribution is 6.40. The van der Waals surface area contributed by atoms with Gasteiger partial charge in [-0.3, -0.25) is 4.79 Å². The highest BCUT2D eigenvalue weighted by Crippen LogP contribution is 2.46. The zero-order valence-corrected chi connectivity index (χ0v) is 14.2. The summed E-state index contributed by atoms with van der Waals surface area (Å²) in [5.41, 5.74) is 10.5. The molecule has 6 heteroatoms. The second-order valence-electron chi connectivity index (χ2n) is 7.57. The summed E-state index contributed by atoms with van der Waals surface area (Å²) in [4.78, 5) is 11.9. The molecule has 0 radical (unpaired) electrons. The Balaban J connectivity index is 1.87. The third-order valence-corrected chi connectivity index (χ3v) is 5.86. The van der Waals surface area contributed by atoms with Gasteiger partial charge in [0.1, 0.15) is 0 Å². The fourth-order valence-electron chi connectivity index (χ4n) is 4.43. The van der Waals surface area contributed by atoms with E-state index in [-0.39, 0.29) is 17.8 Å². The van der Waals surface area contributed by atoms with Crippen LogP contribution in [0.1, 0.15) is 60.3 Å². The van der Waals surface area contributed by atoms with Crippen LogP contribution in [0.25, 0.3) is 0 Å². The molecule has 24 heavy (non-hydrogen) atoms. The smallest absolute Gasteiger partial charge is 0.451 e. The van der Waals surface area contributed by atoms with Crippen molar-refractivity contribution in [2.45, 2.75) is 63.2 Å². The zero-order chi connectivity index (χ0) is 17.5. The van der Waals surface area contributed by atoms with Crippen LogP contribution in [0.5, 0.6) is 0 Å². The first kappa shape index (κ1) is 17.5. The fraction of sp³-hybridized carbons (Fsp3) is 0.611. The third kappa shape index (κ3) is 3.10. The lowest BCUT2D eigenvalue weighted by Gasteiger charge is -2.40. The van der Waals surface area contributed by atoms with Gasteiger partial charge in [-0.2, -0.15) is 0 Å². The Morgan fingerprint density at radius 2 is 2.08 bits per heavy atom. The largest absolute Gasteiger partial charge is 0.481 e. The van der Waals surface area contributed by atoms with Crippen LogP contribution in [0.2, 0.25) is 6.32 Å². The van der Waals surface area contributed by atoms with Crippen molar-refractivity contribution in [3.63, 3.8) is 0 Å². The van der Waals surface area contributed by atoms with Gasteiger partial charge < -0.3 is 20.9 Å². The summed E-state index contributed by atoms with van der Waals surface area (Å²) in [6.45, 7) is 2.06. The van der Waals surface area contributed by atoms with E-state index in [1.165, 1.54) is 0 Å². The van der Waals surface area contributed by atoms with Crippen LogP contribution in [0.3, 0.4) is 0 Å². The number of aliphatic carboxylic acids is 1. The molecule has 0 spiro atoms. The van der Waals surface area contributed by atoms with Gasteiger partial charge >= 0.3 is 13.1 Å². The van der Waals surface area contributed by atoms with Crippen molar-refractivity contribution in [2.24, 2.45) is 11.7 Å². The fourth-order valence-corrected chi connectivity index (χ4v) is 4.43. The molecule has 2 aliphatic rings. The first-order chi connectivity index (χ1) is 11.3. The van der Waals surface area contributed by atoms with Crippen LogP contribution in [0.15, 0.2) is 12.1 Å². The van der Waals surface area contributed by atoms with E-state index in [1.807, 2.05) is 6.07 Å². The van der Waals surface area contributed by atoms with Crippen LogP contribution in [0.4, 0.5) is 0 Å². The Morgan fingerprint density at radius 1 is 1.38 bits per heavy atom. The molecule has 2 atom stereocenters. The van der Waals surface area contributed by atoms with E-state index in [1.54, 1.807) is 0 Å². The van der Waals surface area contributed by atoms with Gasteiger partial charge in [-0.05, 0) is 73.5 Å². The second-order valence-corrected chi connectivity index (χ2v) is 7.57. The van der Waals surface area contributed by atoms with E-state index in [4.69, 9.17) is 15.8 Å². The number of carbonyl (C=O) groups is 1.